The second-order valence-electron chi connectivity index (χ2n) is 3.68. The number of carbonyl (C=O) groups excluding carboxylic acids is 1. The van der Waals surface area contributed by atoms with Crippen LogP contribution < -0.4 is 11.1 Å². The Hall–Kier alpha value is -1.07. The van der Waals surface area contributed by atoms with Crippen molar-refractivity contribution in [2.24, 2.45) is 5.73 Å². The van der Waals surface area contributed by atoms with Crippen LogP contribution in [-0.4, -0.2) is 22.4 Å². The number of thioether (sulfide) groups is 1. The monoisotopic (exact) mass is 268 g/mol. The van der Waals surface area contributed by atoms with Gasteiger partial charge in [-0.25, -0.2) is 0 Å². The zero-order valence-corrected chi connectivity index (χ0v) is 11.4. The first-order valence-corrected chi connectivity index (χ1v) is 6.87. The average molecular weight is 268 g/mol. The first-order valence-electron chi connectivity index (χ1n) is 5.30. The second kappa shape index (κ2) is 7.29. The third-order valence-corrected chi connectivity index (χ3v) is 3.22. The number of thiocarbonyl (C=S) groups is 1. The van der Waals surface area contributed by atoms with Crippen molar-refractivity contribution in [2.75, 3.05) is 16.8 Å². The Morgan fingerprint density at radius 1 is 1.41 bits per heavy atom. The maximum Gasteiger partial charge on any atom is 0.234 e. The third-order valence-electron chi connectivity index (χ3n) is 2.06. The van der Waals surface area contributed by atoms with Crippen LogP contribution in [0.25, 0.3) is 0 Å². The quantitative estimate of drug-likeness (QED) is 0.614. The Balaban J connectivity index is 2.25. The lowest BCUT2D eigenvalue weighted by molar-refractivity contribution is -0.113. The molecule has 0 aliphatic rings. The van der Waals surface area contributed by atoms with Crippen molar-refractivity contribution in [2.45, 2.75) is 13.3 Å². The van der Waals surface area contributed by atoms with E-state index in [2.05, 4.69) is 5.32 Å². The molecule has 3 N–H and O–H groups in total. The van der Waals surface area contributed by atoms with Crippen molar-refractivity contribution in [3.8, 4) is 0 Å². The van der Waals surface area contributed by atoms with Gasteiger partial charge in [0.05, 0.1) is 10.7 Å². The van der Waals surface area contributed by atoms with Gasteiger partial charge in [-0.3, -0.25) is 4.79 Å². The molecular formula is C12H16N2OS2. The molecule has 1 aromatic carbocycles. The molecular weight excluding hydrogens is 252 g/mol. The van der Waals surface area contributed by atoms with Gasteiger partial charge in [0.2, 0.25) is 5.91 Å². The number of hydrogen-bond donors (Lipinski definition) is 2. The average Bonchev–Trinajstić information content (AvgIpc) is 2.27. The molecule has 1 rings (SSSR count). The van der Waals surface area contributed by atoms with Gasteiger partial charge in [-0.2, -0.15) is 11.8 Å². The molecule has 0 atom stereocenters. The van der Waals surface area contributed by atoms with Crippen LogP contribution >= 0.6 is 24.0 Å². The summed E-state index contributed by atoms with van der Waals surface area (Å²) in [7, 11) is 0. The largest absolute Gasteiger partial charge is 0.393 e. The molecule has 0 unspecified atom stereocenters. The standard InChI is InChI=1S/C12H16N2OS2/c1-9-2-4-10(5-3-9)14-12(15)8-17-7-6-11(13)16/h2-5H,6-8H2,1H3,(H2,13,16)(H,14,15). The lowest BCUT2D eigenvalue weighted by atomic mass is 10.2. The van der Waals surface area contributed by atoms with Crippen molar-refractivity contribution in [1.29, 1.82) is 0 Å². The first kappa shape index (κ1) is 14.0. The van der Waals surface area contributed by atoms with Crippen molar-refractivity contribution in [1.82, 2.24) is 0 Å². The molecule has 1 amide bonds. The van der Waals surface area contributed by atoms with Gasteiger partial charge in [0.25, 0.3) is 0 Å². The molecule has 0 fully saturated rings. The Kier molecular flexibility index (Phi) is 6.00. The SMILES string of the molecule is Cc1ccc(NC(=O)CSCCC(N)=S)cc1. The number of anilines is 1. The lowest BCUT2D eigenvalue weighted by Crippen LogP contribution is -2.15. The van der Waals surface area contributed by atoms with Crippen LogP contribution in [0, 0.1) is 6.92 Å². The number of hydrogen-bond acceptors (Lipinski definition) is 3. The molecule has 0 spiro atoms. The number of aryl methyl sites for hydroxylation is 1. The van der Waals surface area contributed by atoms with E-state index < -0.39 is 0 Å². The minimum absolute atomic E-state index is 0.00166. The number of benzene rings is 1. The van der Waals surface area contributed by atoms with E-state index in [1.54, 1.807) is 0 Å². The Labute approximate surface area is 111 Å². The molecule has 5 heteroatoms. The molecule has 0 saturated heterocycles. The maximum absolute atomic E-state index is 11.5. The first-order chi connectivity index (χ1) is 8.08. The molecule has 3 nitrogen and oxygen atoms in total. The van der Waals surface area contributed by atoms with Crippen LogP contribution in [0.1, 0.15) is 12.0 Å². The highest BCUT2D eigenvalue weighted by molar-refractivity contribution is 8.00. The van der Waals surface area contributed by atoms with E-state index in [4.69, 9.17) is 18.0 Å². The highest BCUT2D eigenvalue weighted by atomic mass is 32.2. The third kappa shape index (κ3) is 6.28. The Bertz CT molecular complexity index is 390. The topological polar surface area (TPSA) is 55.1 Å². The number of carbonyl (C=O) groups is 1. The van der Waals surface area contributed by atoms with Crippen LogP contribution in [0.2, 0.25) is 0 Å². The molecule has 0 aliphatic heterocycles. The molecule has 0 aliphatic carbocycles. The fraction of sp³-hybridized carbons (Fsp3) is 0.333. The minimum atomic E-state index is 0.00166. The van der Waals surface area contributed by atoms with E-state index in [-0.39, 0.29) is 5.91 Å². The van der Waals surface area contributed by atoms with Gasteiger partial charge in [-0.1, -0.05) is 29.9 Å². The van der Waals surface area contributed by atoms with Gasteiger partial charge in [-0.15, -0.1) is 0 Å². The summed E-state index contributed by atoms with van der Waals surface area (Å²) in [6.07, 6.45) is 0.678. The molecule has 0 heterocycles. The van der Waals surface area contributed by atoms with E-state index in [9.17, 15) is 4.79 Å². The molecule has 0 bridgehead atoms. The Morgan fingerprint density at radius 2 is 2.06 bits per heavy atom. The van der Waals surface area contributed by atoms with Gasteiger partial charge in [0, 0.05) is 17.9 Å². The highest BCUT2D eigenvalue weighted by Crippen LogP contribution is 2.10. The maximum atomic E-state index is 11.5. The molecule has 17 heavy (non-hydrogen) atoms. The lowest BCUT2D eigenvalue weighted by Gasteiger charge is -2.05. The van der Waals surface area contributed by atoms with Gasteiger partial charge in [0.15, 0.2) is 0 Å². The summed E-state index contributed by atoms with van der Waals surface area (Å²) < 4.78 is 0. The Morgan fingerprint density at radius 3 is 2.65 bits per heavy atom. The molecule has 0 saturated carbocycles. The van der Waals surface area contributed by atoms with Crippen LogP contribution in [0.4, 0.5) is 5.69 Å². The summed E-state index contributed by atoms with van der Waals surface area (Å²) in [4.78, 5) is 12.0. The smallest absolute Gasteiger partial charge is 0.234 e. The van der Waals surface area contributed by atoms with Gasteiger partial charge in [-0.05, 0) is 19.1 Å². The van der Waals surface area contributed by atoms with E-state index in [0.717, 1.165) is 11.4 Å². The van der Waals surface area contributed by atoms with Crippen molar-refractivity contribution in [3.63, 3.8) is 0 Å². The number of nitrogens with one attached hydrogen (secondary N) is 1. The second-order valence-corrected chi connectivity index (χ2v) is 5.31. The number of rotatable bonds is 6. The van der Waals surface area contributed by atoms with Crippen LogP contribution in [-0.2, 0) is 4.79 Å². The van der Waals surface area contributed by atoms with Gasteiger partial charge < -0.3 is 11.1 Å². The number of nitrogens with two attached hydrogens (primary N) is 1. The van der Waals surface area contributed by atoms with Crippen LogP contribution in [0.5, 0.6) is 0 Å². The predicted molar refractivity (Wildman–Crippen MR) is 78.5 cm³/mol. The number of amides is 1. The molecule has 92 valence electrons. The highest BCUT2D eigenvalue weighted by Gasteiger charge is 2.02. The fourth-order valence-electron chi connectivity index (χ4n) is 1.17. The molecule has 0 aromatic heterocycles. The summed E-state index contributed by atoms with van der Waals surface area (Å²) in [5, 5.41) is 2.83. The zero-order chi connectivity index (χ0) is 12.7. The molecule has 1 aromatic rings. The molecule has 0 radical (unpaired) electrons. The van der Waals surface area contributed by atoms with Crippen LogP contribution in [0.15, 0.2) is 24.3 Å². The minimum Gasteiger partial charge on any atom is -0.393 e. The van der Waals surface area contributed by atoms with Crippen molar-refractivity contribution >= 4 is 40.6 Å². The summed E-state index contributed by atoms with van der Waals surface area (Å²) in [6.45, 7) is 2.01. The van der Waals surface area contributed by atoms with E-state index >= 15 is 0 Å². The van der Waals surface area contributed by atoms with E-state index in [1.165, 1.54) is 17.3 Å². The normalized spacial score (nSPS) is 9.94. The van der Waals surface area contributed by atoms with Crippen molar-refractivity contribution in [3.05, 3.63) is 29.8 Å². The summed E-state index contributed by atoms with van der Waals surface area (Å²) in [6, 6.07) is 7.73. The fourth-order valence-corrected chi connectivity index (χ4v) is 2.17. The summed E-state index contributed by atoms with van der Waals surface area (Å²) >= 11 is 6.29. The van der Waals surface area contributed by atoms with Crippen molar-refractivity contribution < 1.29 is 4.79 Å². The zero-order valence-electron chi connectivity index (χ0n) is 9.73. The van der Waals surface area contributed by atoms with Gasteiger partial charge >= 0.3 is 0 Å². The van der Waals surface area contributed by atoms with E-state index in [0.29, 0.717) is 17.2 Å². The van der Waals surface area contributed by atoms with Gasteiger partial charge in [0.1, 0.15) is 0 Å². The summed E-state index contributed by atoms with van der Waals surface area (Å²) in [5.41, 5.74) is 7.37. The predicted octanol–water partition coefficient (Wildman–Crippen LogP) is 2.34. The van der Waals surface area contributed by atoms with Crippen LogP contribution in [0.3, 0.4) is 0 Å². The van der Waals surface area contributed by atoms with E-state index in [1.807, 2.05) is 31.2 Å². The summed E-state index contributed by atoms with van der Waals surface area (Å²) in [5.74, 6) is 1.22.